The van der Waals surface area contributed by atoms with E-state index in [1.165, 1.54) is 5.56 Å². The van der Waals surface area contributed by atoms with Gasteiger partial charge in [-0.2, -0.15) is 0 Å². The van der Waals surface area contributed by atoms with Crippen LogP contribution in [0.3, 0.4) is 0 Å². The highest BCUT2D eigenvalue weighted by atomic mass is 16.2. The van der Waals surface area contributed by atoms with Gasteiger partial charge in [0.05, 0.1) is 11.3 Å². The summed E-state index contributed by atoms with van der Waals surface area (Å²) in [5, 5.41) is 0. The average molecular weight is 414 g/mol. The summed E-state index contributed by atoms with van der Waals surface area (Å²) in [6.45, 7) is 1.49. The van der Waals surface area contributed by atoms with Gasteiger partial charge in [0.1, 0.15) is 5.82 Å². The molecule has 1 saturated heterocycles. The SMILES string of the molecule is CN(C)c1ccc(C(=O)N2CCCC3(CCc4cnc(-c5ccccc5)nc43)C2)cn1. The molecule has 6 heteroatoms. The fraction of sp³-hybridized carbons (Fsp3) is 0.360. The molecule has 1 aromatic carbocycles. The highest BCUT2D eigenvalue weighted by Crippen LogP contribution is 2.44. The minimum atomic E-state index is -0.0767. The number of carbonyl (C=O) groups excluding carboxylic acids is 1. The van der Waals surface area contributed by atoms with E-state index in [4.69, 9.17) is 4.98 Å². The van der Waals surface area contributed by atoms with Gasteiger partial charge in [-0.05, 0) is 43.4 Å². The van der Waals surface area contributed by atoms with Crippen molar-refractivity contribution in [2.24, 2.45) is 0 Å². The quantitative estimate of drug-likeness (QED) is 0.655. The predicted molar refractivity (Wildman–Crippen MR) is 121 cm³/mol. The molecule has 1 amide bonds. The van der Waals surface area contributed by atoms with Crippen LogP contribution in [-0.4, -0.2) is 52.9 Å². The summed E-state index contributed by atoms with van der Waals surface area (Å²) >= 11 is 0. The summed E-state index contributed by atoms with van der Waals surface area (Å²) in [6, 6.07) is 13.9. The van der Waals surface area contributed by atoms with Crippen molar-refractivity contribution in [3.63, 3.8) is 0 Å². The first kappa shape index (κ1) is 19.7. The standard InChI is InChI=1S/C25H27N5O/c1-29(2)21-10-9-20(16-26-21)24(31)30-14-6-12-25(17-30)13-11-19-15-27-23(28-22(19)25)18-7-4-3-5-8-18/h3-5,7-10,15-16H,6,11-14,17H2,1-2H3. The van der Waals surface area contributed by atoms with Crippen molar-refractivity contribution in [3.05, 3.63) is 71.7 Å². The summed E-state index contributed by atoms with van der Waals surface area (Å²) in [4.78, 5) is 31.3. The predicted octanol–water partition coefficient (Wildman–Crippen LogP) is 3.72. The third-order valence-corrected chi connectivity index (χ3v) is 6.59. The Morgan fingerprint density at radius 1 is 1.03 bits per heavy atom. The van der Waals surface area contributed by atoms with Gasteiger partial charge in [-0.25, -0.2) is 15.0 Å². The van der Waals surface area contributed by atoms with Crippen LogP contribution in [0, 0.1) is 0 Å². The Morgan fingerprint density at radius 3 is 2.61 bits per heavy atom. The Balaban J connectivity index is 1.42. The smallest absolute Gasteiger partial charge is 0.255 e. The van der Waals surface area contributed by atoms with Crippen molar-refractivity contribution in [2.45, 2.75) is 31.1 Å². The number of hydrogen-bond donors (Lipinski definition) is 0. The second kappa shape index (κ2) is 7.76. The number of carbonyl (C=O) groups is 1. The molecular weight excluding hydrogens is 386 g/mol. The van der Waals surface area contributed by atoms with Crippen molar-refractivity contribution in [3.8, 4) is 11.4 Å². The fourth-order valence-electron chi connectivity index (χ4n) is 4.93. The molecule has 6 nitrogen and oxygen atoms in total. The highest BCUT2D eigenvalue weighted by Gasteiger charge is 2.44. The molecule has 0 saturated carbocycles. The second-order valence-corrected chi connectivity index (χ2v) is 8.84. The van der Waals surface area contributed by atoms with Crippen molar-refractivity contribution in [1.29, 1.82) is 0 Å². The zero-order valence-electron chi connectivity index (χ0n) is 18.1. The lowest BCUT2D eigenvalue weighted by atomic mass is 9.77. The first-order chi connectivity index (χ1) is 15.1. The van der Waals surface area contributed by atoms with E-state index in [0.717, 1.165) is 55.1 Å². The molecule has 1 fully saturated rings. The molecule has 1 unspecified atom stereocenters. The minimum absolute atomic E-state index is 0.0580. The number of rotatable bonds is 3. The van der Waals surface area contributed by atoms with Gasteiger partial charge in [0, 0.05) is 50.6 Å². The number of aryl methyl sites for hydroxylation is 1. The molecule has 1 atom stereocenters. The van der Waals surface area contributed by atoms with Gasteiger partial charge in [0.25, 0.3) is 5.91 Å². The Morgan fingerprint density at radius 2 is 1.87 bits per heavy atom. The number of hydrogen-bond acceptors (Lipinski definition) is 5. The Hall–Kier alpha value is -3.28. The molecule has 5 rings (SSSR count). The van der Waals surface area contributed by atoms with E-state index in [1.54, 1.807) is 6.20 Å². The lowest BCUT2D eigenvalue weighted by Gasteiger charge is -2.40. The summed E-state index contributed by atoms with van der Waals surface area (Å²) < 4.78 is 0. The van der Waals surface area contributed by atoms with E-state index in [9.17, 15) is 4.79 Å². The number of benzene rings is 1. The van der Waals surface area contributed by atoms with E-state index in [-0.39, 0.29) is 11.3 Å². The first-order valence-electron chi connectivity index (χ1n) is 10.9. The molecule has 1 aliphatic carbocycles. The van der Waals surface area contributed by atoms with Gasteiger partial charge in [-0.3, -0.25) is 4.79 Å². The molecule has 0 radical (unpaired) electrons. The Bertz CT molecular complexity index is 1090. The van der Waals surface area contributed by atoms with E-state index >= 15 is 0 Å². The van der Waals surface area contributed by atoms with Crippen LogP contribution in [-0.2, 0) is 11.8 Å². The number of anilines is 1. The van der Waals surface area contributed by atoms with E-state index in [1.807, 2.05) is 72.6 Å². The minimum Gasteiger partial charge on any atom is -0.363 e. The van der Waals surface area contributed by atoms with E-state index in [2.05, 4.69) is 9.97 Å². The number of aromatic nitrogens is 3. The van der Waals surface area contributed by atoms with Gasteiger partial charge >= 0.3 is 0 Å². The molecule has 2 aromatic heterocycles. The molecule has 2 aliphatic rings. The Kier molecular flexibility index (Phi) is 4.93. The maximum Gasteiger partial charge on any atom is 0.255 e. The molecule has 3 aromatic rings. The van der Waals surface area contributed by atoms with Crippen LogP contribution >= 0.6 is 0 Å². The van der Waals surface area contributed by atoms with Crippen LogP contribution in [0.25, 0.3) is 11.4 Å². The topological polar surface area (TPSA) is 62.2 Å². The summed E-state index contributed by atoms with van der Waals surface area (Å²) in [6.07, 6.45) is 7.73. The molecule has 1 spiro atoms. The van der Waals surface area contributed by atoms with Crippen LogP contribution < -0.4 is 4.90 Å². The van der Waals surface area contributed by atoms with Crippen molar-refractivity contribution in [1.82, 2.24) is 19.9 Å². The van der Waals surface area contributed by atoms with Gasteiger partial charge < -0.3 is 9.80 Å². The van der Waals surface area contributed by atoms with Crippen molar-refractivity contribution < 1.29 is 4.79 Å². The molecule has 158 valence electrons. The van der Waals surface area contributed by atoms with Crippen LogP contribution in [0.2, 0.25) is 0 Å². The Labute approximate surface area is 183 Å². The average Bonchev–Trinajstić information content (AvgIpc) is 3.16. The van der Waals surface area contributed by atoms with Gasteiger partial charge in [-0.15, -0.1) is 0 Å². The van der Waals surface area contributed by atoms with E-state index < -0.39 is 0 Å². The molecule has 0 bridgehead atoms. The molecule has 3 heterocycles. The number of nitrogens with zero attached hydrogens (tertiary/aromatic N) is 5. The summed E-state index contributed by atoms with van der Waals surface area (Å²) in [5.74, 6) is 1.68. The summed E-state index contributed by atoms with van der Waals surface area (Å²) in [7, 11) is 3.89. The monoisotopic (exact) mass is 413 g/mol. The van der Waals surface area contributed by atoms with Crippen LogP contribution in [0.15, 0.2) is 54.9 Å². The maximum atomic E-state index is 13.3. The van der Waals surface area contributed by atoms with Gasteiger partial charge in [0.2, 0.25) is 0 Å². The number of likely N-dealkylation sites (tertiary alicyclic amines) is 1. The maximum absolute atomic E-state index is 13.3. The zero-order valence-corrected chi connectivity index (χ0v) is 18.1. The van der Waals surface area contributed by atoms with Crippen LogP contribution in [0.5, 0.6) is 0 Å². The third-order valence-electron chi connectivity index (χ3n) is 6.59. The zero-order chi connectivity index (χ0) is 21.4. The normalized spacial score (nSPS) is 20.0. The third kappa shape index (κ3) is 3.56. The van der Waals surface area contributed by atoms with Gasteiger partial charge in [0.15, 0.2) is 5.82 Å². The largest absolute Gasteiger partial charge is 0.363 e. The number of fused-ring (bicyclic) bond motifs is 2. The molecule has 1 aliphatic heterocycles. The lowest BCUT2D eigenvalue weighted by molar-refractivity contribution is 0.0633. The fourth-order valence-corrected chi connectivity index (χ4v) is 4.93. The van der Waals surface area contributed by atoms with Crippen LogP contribution in [0.1, 0.15) is 40.9 Å². The van der Waals surface area contributed by atoms with E-state index in [0.29, 0.717) is 12.1 Å². The van der Waals surface area contributed by atoms with Crippen molar-refractivity contribution in [2.75, 3.05) is 32.1 Å². The second-order valence-electron chi connectivity index (χ2n) is 8.84. The first-order valence-corrected chi connectivity index (χ1v) is 10.9. The number of piperidine rings is 1. The number of pyridine rings is 1. The number of amides is 1. The summed E-state index contributed by atoms with van der Waals surface area (Å²) in [5.41, 5.74) is 3.97. The highest BCUT2D eigenvalue weighted by molar-refractivity contribution is 5.94. The van der Waals surface area contributed by atoms with Crippen LogP contribution in [0.4, 0.5) is 5.82 Å². The van der Waals surface area contributed by atoms with Gasteiger partial charge in [-0.1, -0.05) is 30.3 Å². The molecule has 0 N–H and O–H groups in total. The molecule has 31 heavy (non-hydrogen) atoms. The van der Waals surface area contributed by atoms with Crippen molar-refractivity contribution >= 4 is 11.7 Å². The lowest BCUT2D eigenvalue weighted by Crippen LogP contribution is -2.48. The molecular formula is C25H27N5O.